The van der Waals surface area contributed by atoms with Crippen molar-refractivity contribution < 1.29 is 9.59 Å². The number of anilines is 1. The Kier molecular flexibility index (Phi) is 4.39. The Labute approximate surface area is 118 Å². The number of benzene rings is 1. The zero-order chi connectivity index (χ0) is 14.6. The lowest BCUT2D eigenvalue weighted by Crippen LogP contribution is -2.47. The fourth-order valence-corrected chi connectivity index (χ4v) is 2.69. The molecule has 0 spiro atoms. The minimum absolute atomic E-state index is 0.0408. The molecule has 1 aliphatic heterocycles. The van der Waals surface area contributed by atoms with E-state index in [-0.39, 0.29) is 5.91 Å². The van der Waals surface area contributed by atoms with E-state index in [1.165, 1.54) is 0 Å². The fraction of sp³-hybridized carbons (Fsp3) is 0.467. The maximum Gasteiger partial charge on any atom is 0.250 e. The Morgan fingerprint density at radius 1 is 1.40 bits per heavy atom. The summed E-state index contributed by atoms with van der Waals surface area (Å²) in [5, 5.41) is 6.15. The molecule has 108 valence electrons. The van der Waals surface area contributed by atoms with Gasteiger partial charge in [-0.1, -0.05) is 19.1 Å². The van der Waals surface area contributed by atoms with Crippen LogP contribution in [0.3, 0.4) is 0 Å². The predicted octanol–water partition coefficient (Wildman–Crippen LogP) is 1.50. The molecule has 4 N–H and O–H groups in total. The third-order valence-corrected chi connectivity index (χ3v) is 4.07. The van der Waals surface area contributed by atoms with Crippen molar-refractivity contribution in [1.29, 1.82) is 0 Å². The van der Waals surface area contributed by atoms with E-state index in [9.17, 15) is 9.59 Å². The van der Waals surface area contributed by atoms with Gasteiger partial charge >= 0.3 is 0 Å². The second-order valence-electron chi connectivity index (χ2n) is 5.28. The number of nitrogens with two attached hydrogens (primary N) is 1. The van der Waals surface area contributed by atoms with Gasteiger partial charge in [-0.05, 0) is 37.9 Å². The maximum absolute atomic E-state index is 12.6. The van der Waals surface area contributed by atoms with Crippen molar-refractivity contribution in [3.8, 4) is 0 Å². The van der Waals surface area contributed by atoms with Crippen LogP contribution in [0.1, 0.15) is 36.5 Å². The Morgan fingerprint density at radius 2 is 2.15 bits per heavy atom. The summed E-state index contributed by atoms with van der Waals surface area (Å²) >= 11 is 0. The van der Waals surface area contributed by atoms with Gasteiger partial charge in [0, 0.05) is 6.54 Å². The Hall–Kier alpha value is -1.88. The zero-order valence-electron chi connectivity index (χ0n) is 11.7. The third-order valence-electron chi connectivity index (χ3n) is 4.07. The topological polar surface area (TPSA) is 84.2 Å². The molecule has 1 aromatic carbocycles. The van der Waals surface area contributed by atoms with E-state index in [1.54, 1.807) is 24.3 Å². The van der Waals surface area contributed by atoms with Crippen LogP contribution in [-0.2, 0) is 4.79 Å². The summed E-state index contributed by atoms with van der Waals surface area (Å²) in [6.45, 7) is 3.65. The second-order valence-corrected chi connectivity index (χ2v) is 5.28. The Morgan fingerprint density at radius 3 is 2.75 bits per heavy atom. The Balaban J connectivity index is 2.20. The van der Waals surface area contributed by atoms with E-state index < -0.39 is 11.3 Å². The minimum atomic E-state index is -0.534. The summed E-state index contributed by atoms with van der Waals surface area (Å²) in [6.07, 6.45) is 2.62. The van der Waals surface area contributed by atoms with Gasteiger partial charge in [0.1, 0.15) is 0 Å². The number of carbonyl (C=O) groups is 2. The summed E-state index contributed by atoms with van der Waals surface area (Å²) in [5.41, 5.74) is 5.76. The van der Waals surface area contributed by atoms with Crippen molar-refractivity contribution in [2.24, 2.45) is 11.1 Å². The number of para-hydroxylation sites is 1. The number of carbonyl (C=O) groups excluding carboxylic acids is 2. The molecule has 20 heavy (non-hydrogen) atoms. The highest BCUT2D eigenvalue weighted by molar-refractivity contribution is 6.04. The largest absolute Gasteiger partial charge is 0.366 e. The van der Waals surface area contributed by atoms with E-state index in [1.807, 2.05) is 6.92 Å². The monoisotopic (exact) mass is 275 g/mol. The van der Waals surface area contributed by atoms with Gasteiger partial charge in [-0.3, -0.25) is 9.59 Å². The second kappa shape index (κ2) is 6.05. The van der Waals surface area contributed by atoms with Crippen LogP contribution >= 0.6 is 0 Å². The molecule has 2 amide bonds. The van der Waals surface area contributed by atoms with Crippen molar-refractivity contribution in [3.63, 3.8) is 0 Å². The van der Waals surface area contributed by atoms with Crippen LogP contribution < -0.4 is 16.4 Å². The van der Waals surface area contributed by atoms with Crippen LogP contribution in [0, 0.1) is 5.41 Å². The van der Waals surface area contributed by atoms with Gasteiger partial charge in [0.25, 0.3) is 5.91 Å². The van der Waals surface area contributed by atoms with Gasteiger partial charge in [-0.2, -0.15) is 0 Å². The molecule has 1 heterocycles. The van der Waals surface area contributed by atoms with Crippen LogP contribution in [0.2, 0.25) is 0 Å². The number of amides is 2. The summed E-state index contributed by atoms with van der Waals surface area (Å²) in [7, 11) is 0. The molecule has 1 saturated heterocycles. The van der Waals surface area contributed by atoms with E-state index in [0.29, 0.717) is 17.8 Å². The number of piperidine rings is 1. The molecular weight excluding hydrogens is 254 g/mol. The van der Waals surface area contributed by atoms with Crippen molar-refractivity contribution in [3.05, 3.63) is 29.8 Å². The highest BCUT2D eigenvalue weighted by Crippen LogP contribution is 2.32. The zero-order valence-corrected chi connectivity index (χ0v) is 11.7. The van der Waals surface area contributed by atoms with Gasteiger partial charge in [-0.25, -0.2) is 0 Å². The lowest BCUT2D eigenvalue weighted by Gasteiger charge is -2.35. The molecule has 1 fully saturated rings. The predicted molar refractivity (Wildman–Crippen MR) is 78.4 cm³/mol. The lowest BCUT2D eigenvalue weighted by atomic mass is 9.77. The van der Waals surface area contributed by atoms with E-state index in [2.05, 4.69) is 10.6 Å². The van der Waals surface area contributed by atoms with Crippen molar-refractivity contribution >= 4 is 17.5 Å². The van der Waals surface area contributed by atoms with E-state index >= 15 is 0 Å². The molecule has 1 atom stereocenters. The SMILES string of the molecule is CCC1(C(=O)Nc2ccccc2C(N)=O)CCCNC1. The number of rotatable bonds is 4. The quantitative estimate of drug-likeness (QED) is 0.778. The van der Waals surface area contributed by atoms with Crippen LogP contribution in [-0.4, -0.2) is 24.9 Å². The van der Waals surface area contributed by atoms with Gasteiger partial charge in [0.15, 0.2) is 0 Å². The first-order valence-corrected chi connectivity index (χ1v) is 7.00. The summed E-state index contributed by atoms with van der Waals surface area (Å²) < 4.78 is 0. The average Bonchev–Trinajstić information content (AvgIpc) is 2.48. The first kappa shape index (κ1) is 14.5. The van der Waals surface area contributed by atoms with Gasteiger partial charge in [0.2, 0.25) is 5.91 Å². The Bertz CT molecular complexity index is 508. The smallest absolute Gasteiger partial charge is 0.250 e. The van der Waals surface area contributed by atoms with Crippen molar-refractivity contribution in [2.45, 2.75) is 26.2 Å². The maximum atomic E-state index is 12.6. The minimum Gasteiger partial charge on any atom is -0.366 e. The van der Waals surface area contributed by atoms with E-state index in [0.717, 1.165) is 25.8 Å². The van der Waals surface area contributed by atoms with Crippen LogP contribution in [0.4, 0.5) is 5.69 Å². The summed E-state index contributed by atoms with van der Waals surface area (Å²) in [5.74, 6) is -0.575. The molecule has 0 saturated carbocycles. The lowest BCUT2D eigenvalue weighted by molar-refractivity contribution is -0.126. The number of hydrogen-bond donors (Lipinski definition) is 3. The molecule has 0 aliphatic carbocycles. The van der Waals surface area contributed by atoms with Gasteiger partial charge in [-0.15, -0.1) is 0 Å². The van der Waals surface area contributed by atoms with Crippen LogP contribution in [0.25, 0.3) is 0 Å². The van der Waals surface area contributed by atoms with E-state index in [4.69, 9.17) is 5.73 Å². The van der Waals surface area contributed by atoms with Crippen LogP contribution in [0.15, 0.2) is 24.3 Å². The average molecular weight is 275 g/mol. The van der Waals surface area contributed by atoms with Crippen LogP contribution in [0.5, 0.6) is 0 Å². The third kappa shape index (κ3) is 2.82. The normalized spacial score (nSPS) is 22.2. The van der Waals surface area contributed by atoms with Gasteiger partial charge < -0.3 is 16.4 Å². The molecule has 1 aromatic rings. The summed E-state index contributed by atoms with van der Waals surface area (Å²) in [6, 6.07) is 6.83. The van der Waals surface area contributed by atoms with Crippen molar-refractivity contribution in [2.75, 3.05) is 18.4 Å². The number of primary amides is 1. The molecule has 1 aliphatic rings. The molecule has 1 unspecified atom stereocenters. The van der Waals surface area contributed by atoms with Crippen molar-refractivity contribution in [1.82, 2.24) is 5.32 Å². The standard InChI is InChI=1S/C15H21N3O2/c1-2-15(8-5-9-17-10-15)14(20)18-12-7-4-3-6-11(12)13(16)19/h3-4,6-7,17H,2,5,8-10H2,1H3,(H2,16,19)(H,18,20). The molecule has 0 aromatic heterocycles. The summed E-state index contributed by atoms with van der Waals surface area (Å²) in [4.78, 5) is 24.0. The first-order chi connectivity index (χ1) is 9.59. The molecular formula is C15H21N3O2. The van der Waals surface area contributed by atoms with Gasteiger partial charge in [0.05, 0.1) is 16.7 Å². The molecule has 0 bridgehead atoms. The fourth-order valence-electron chi connectivity index (χ4n) is 2.69. The highest BCUT2D eigenvalue weighted by atomic mass is 16.2. The first-order valence-electron chi connectivity index (χ1n) is 7.00. The number of hydrogen-bond acceptors (Lipinski definition) is 3. The number of nitrogens with one attached hydrogen (secondary N) is 2. The molecule has 2 rings (SSSR count). The highest BCUT2D eigenvalue weighted by Gasteiger charge is 2.38. The molecule has 5 heteroatoms. The molecule has 0 radical (unpaired) electrons. The molecule has 5 nitrogen and oxygen atoms in total.